The molecule has 7 heteroatoms. The molecule has 0 bridgehead atoms. The van der Waals surface area contributed by atoms with Gasteiger partial charge in [0.05, 0.1) is 10.6 Å². The highest BCUT2D eigenvalue weighted by Crippen LogP contribution is 2.16. The molecule has 1 aliphatic rings. The van der Waals surface area contributed by atoms with Crippen molar-refractivity contribution in [1.29, 1.82) is 0 Å². The molecule has 2 rings (SSSR count). The number of carbonyl (C=O) groups is 1. The van der Waals surface area contributed by atoms with Crippen LogP contribution < -0.4 is 5.43 Å². The van der Waals surface area contributed by atoms with Gasteiger partial charge in [-0.3, -0.25) is 14.9 Å². The van der Waals surface area contributed by atoms with Crippen LogP contribution in [0.15, 0.2) is 29.4 Å². The summed E-state index contributed by atoms with van der Waals surface area (Å²) in [6.45, 7) is 0. The first-order valence-electron chi connectivity index (χ1n) is 4.41. The quantitative estimate of drug-likeness (QED) is 0.627. The van der Waals surface area contributed by atoms with Crippen LogP contribution in [0.3, 0.4) is 0 Å². The molecule has 82 valence electrons. The normalized spacial score (nSPS) is 15.2. The van der Waals surface area contributed by atoms with Crippen LogP contribution >= 0.6 is 11.8 Å². The number of thioether (sulfide) groups is 1. The highest BCUT2D eigenvalue weighted by atomic mass is 32.2. The minimum Gasteiger partial charge on any atom is -0.260 e. The Labute approximate surface area is 94.9 Å². The lowest BCUT2D eigenvalue weighted by Crippen LogP contribution is -2.23. The zero-order chi connectivity index (χ0) is 11.5. The minimum absolute atomic E-state index is 0.0387. The number of non-ortho nitro benzene ring substituents is 1. The van der Waals surface area contributed by atoms with Crippen molar-refractivity contribution < 1.29 is 9.72 Å². The van der Waals surface area contributed by atoms with Gasteiger partial charge in [0, 0.05) is 17.9 Å². The van der Waals surface area contributed by atoms with Gasteiger partial charge in [-0.05, 0) is 17.7 Å². The lowest BCUT2D eigenvalue weighted by atomic mass is 10.1. The summed E-state index contributed by atoms with van der Waals surface area (Å²) in [5, 5.41) is 14.1. The van der Waals surface area contributed by atoms with Crippen molar-refractivity contribution in [2.24, 2.45) is 5.10 Å². The van der Waals surface area contributed by atoms with E-state index in [1.807, 2.05) is 0 Å². The molecule has 0 unspecified atom stereocenters. The Kier molecular flexibility index (Phi) is 2.86. The Morgan fingerprint density at radius 2 is 2.06 bits per heavy atom. The van der Waals surface area contributed by atoms with Gasteiger partial charge in [0.15, 0.2) is 0 Å². The number of rotatable bonds is 2. The zero-order valence-electron chi connectivity index (χ0n) is 8.04. The van der Waals surface area contributed by atoms with Crippen LogP contribution in [-0.2, 0) is 0 Å². The first kappa shape index (κ1) is 10.6. The van der Waals surface area contributed by atoms with E-state index in [2.05, 4.69) is 10.5 Å². The molecule has 0 saturated carbocycles. The van der Waals surface area contributed by atoms with Gasteiger partial charge >= 0.3 is 0 Å². The van der Waals surface area contributed by atoms with Crippen molar-refractivity contribution in [3.63, 3.8) is 0 Å². The van der Waals surface area contributed by atoms with Gasteiger partial charge in [-0.25, -0.2) is 5.43 Å². The van der Waals surface area contributed by atoms with E-state index in [0.29, 0.717) is 11.5 Å². The molecule has 1 aromatic rings. The van der Waals surface area contributed by atoms with Crippen LogP contribution in [0.1, 0.15) is 5.56 Å². The van der Waals surface area contributed by atoms with E-state index in [1.54, 1.807) is 12.1 Å². The van der Waals surface area contributed by atoms with E-state index in [0.717, 1.165) is 17.3 Å². The lowest BCUT2D eigenvalue weighted by molar-refractivity contribution is -0.384. The molecular weight excluding hydrogens is 230 g/mol. The van der Waals surface area contributed by atoms with Crippen molar-refractivity contribution >= 4 is 28.4 Å². The fraction of sp³-hybridized carbons (Fsp3) is 0.111. The predicted octanol–water partition coefficient (Wildman–Crippen LogP) is 1.76. The summed E-state index contributed by atoms with van der Waals surface area (Å²) in [5.41, 5.74) is 3.87. The van der Waals surface area contributed by atoms with Crippen LogP contribution in [0, 0.1) is 10.1 Å². The number of carbonyl (C=O) groups excluding carboxylic acids is 1. The van der Waals surface area contributed by atoms with Gasteiger partial charge < -0.3 is 0 Å². The van der Waals surface area contributed by atoms with Crippen LogP contribution in [0.4, 0.5) is 10.5 Å². The Bertz CT molecular complexity index is 469. The first-order valence-corrected chi connectivity index (χ1v) is 5.39. The van der Waals surface area contributed by atoms with Crippen LogP contribution in [0.5, 0.6) is 0 Å². The number of nitro benzene ring substituents is 1. The summed E-state index contributed by atoms with van der Waals surface area (Å²) in [5.74, 6) is 0.476. The number of hydrazone groups is 1. The molecular formula is C9H7N3O3S. The highest BCUT2D eigenvalue weighted by Gasteiger charge is 2.14. The maximum absolute atomic E-state index is 10.8. The molecule has 1 aliphatic heterocycles. The molecule has 0 radical (unpaired) electrons. The smallest absolute Gasteiger partial charge is 0.260 e. The van der Waals surface area contributed by atoms with Gasteiger partial charge in [-0.2, -0.15) is 5.10 Å². The third-order valence-corrected chi connectivity index (χ3v) is 2.80. The summed E-state index contributed by atoms with van der Waals surface area (Å²) in [6, 6.07) is 6.07. The Morgan fingerprint density at radius 1 is 1.38 bits per heavy atom. The second-order valence-electron chi connectivity index (χ2n) is 3.05. The van der Waals surface area contributed by atoms with Crippen molar-refractivity contribution in [2.45, 2.75) is 0 Å². The second kappa shape index (κ2) is 4.31. The Morgan fingerprint density at radius 3 is 2.56 bits per heavy atom. The maximum Gasteiger partial charge on any atom is 0.299 e. The SMILES string of the molecule is O=C1NN=C(c2ccc([N+](=O)[O-])cc2)CS1. The van der Waals surface area contributed by atoms with Crippen LogP contribution in [-0.4, -0.2) is 21.6 Å². The van der Waals surface area contributed by atoms with E-state index in [4.69, 9.17) is 0 Å². The third-order valence-electron chi connectivity index (χ3n) is 2.03. The molecule has 1 N–H and O–H groups in total. The van der Waals surface area contributed by atoms with E-state index >= 15 is 0 Å². The number of amides is 1. The summed E-state index contributed by atoms with van der Waals surface area (Å²) in [7, 11) is 0. The molecule has 16 heavy (non-hydrogen) atoms. The third kappa shape index (κ3) is 2.19. The molecule has 0 spiro atoms. The standard InChI is InChI=1S/C9H7N3O3S/c13-9-11-10-8(5-16-9)6-1-3-7(4-2-6)12(14)15/h1-4H,5H2,(H,11,13). The fourth-order valence-corrected chi connectivity index (χ4v) is 1.84. The number of nitro groups is 1. The molecule has 0 atom stereocenters. The summed E-state index contributed by atoms with van der Waals surface area (Å²) in [4.78, 5) is 20.8. The number of benzene rings is 1. The van der Waals surface area contributed by atoms with Crippen molar-refractivity contribution in [3.05, 3.63) is 39.9 Å². The van der Waals surface area contributed by atoms with E-state index in [9.17, 15) is 14.9 Å². The monoisotopic (exact) mass is 237 g/mol. The molecule has 1 aromatic carbocycles. The number of nitrogens with zero attached hydrogens (tertiary/aromatic N) is 2. The Balaban J connectivity index is 2.22. The van der Waals surface area contributed by atoms with Gasteiger partial charge in [0.25, 0.3) is 10.9 Å². The molecule has 6 nitrogen and oxygen atoms in total. The molecule has 0 aliphatic carbocycles. The molecule has 1 heterocycles. The molecule has 1 amide bonds. The van der Waals surface area contributed by atoms with Crippen molar-refractivity contribution in [2.75, 3.05) is 5.75 Å². The number of nitrogens with one attached hydrogen (secondary N) is 1. The van der Waals surface area contributed by atoms with Crippen LogP contribution in [0.25, 0.3) is 0 Å². The van der Waals surface area contributed by atoms with Crippen LogP contribution in [0.2, 0.25) is 0 Å². The zero-order valence-corrected chi connectivity index (χ0v) is 8.86. The highest BCUT2D eigenvalue weighted by molar-refractivity contribution is 8.14. The van der Waals surface area contributed by atoms with Gasteiger partial charge in [-0.1, -0.05) is 11.8 Å². The summed E-state index contributed by atoms with van der Waals surface area (Å²) < 4.78 is 0. The maximum atomic E-state index is 10.8. The molecule has 0 saturated heterocycles. The van der Waals surface area contributed by atoms with Crippen molar-refractivity contribution in [3.8, 4) is 0 Å². The van der Waals surface area contributed by atoms with Gasteiger partial charge in [-0.15, -0.1) is 0 Å². The Hall–Kier alpha value is -1.89. The van der Waals surface area contributed by atoms with Crippen molar-refractivity contribution in [1.82, 2.24) is 5.43 Å². The minimum atomic E-state index is -0.455. The average molecular weight is 237 g/mol. The lowest BCUT2D eigenvalue weighted by Gasteiger charge is -2.10. The number of hydrogen-bond donors (Lipinski definition) is 1. The fourth-order valence-electron chi connectivity index (χ4n) is 1.23. The average Bonchev–Trinajstić information content (AvgIpc) is 2.30. The van der Waals surface area contributed by atoms with E-state index < -0.39 is 4.92 Å². The second-order valence-corrected chi connectivity index (χ2v) is 4.00. The number of hydrogen-bond acceptors (Lipinski definition) is 5. The predicted molar refractivity (Wildman–Crippen MR) is 60.6 cm³/mol. The first-order chi connectivity index (χ1) is 7.66. The molecule has 0 fully saturated rings. The van der Waals surface area contributed by atoms with Gasteiger partial charge in [0.2, 0.25) is 0 Å². The van der Waals surface area contributed by atoms with E-state index in [-0.39, 0.29) is 10.9 Å². The largest absolute Gasteiger partial charge is 0.299 e. The summed E-state index contributed by atoms with van der Waals surface area (Å²) in [6.07, 6.45) is 0. The van der Waals surface area contributed by atoms with Gasteiger partial charge in [0.1, 0.15) is 0 Å². The summed E-state index contributed by atoms with van der Waals surface area (Å²) >= 11 is 1.12. The molecule has 0 aromatic heterocycles. The van der Waals surface area contributed by atoms with E-state index in [1.165, 1.54) is 12.1 Å². The topological polar surface area (TPSA) is 84.6 Å².